The minimum Gasteiger partial charge on any atom is -0.378 e. The normalized spacial score (nSPS) is 10.9. The number of hydrogen-bond acceptors (Lipinski definition) is 4. The molecule has 96 valence electrons. The third-order valence-electron chi connectivity index (χ3n) is 2.81. The van der Waals surface area contributed by atoms with Crippen molar-refractivity contribution in [3.63, 3.8) is 0 Å². The third kappa shape index (κ3) is 3.51. The highest BCUT2D eigenvalue weighted by Crippen LogP contribution is 2.25. The van der Waals surface area contributed by atoms with E-state index in [2.05, 4.69) is 51.7 Å². The van der Waals surface area contributed by atoms with Crippen molar-refractivity contribution in [2.45, 2.75) is 39.2 Å². The van der Waals surface area contributed by atoms with E-state index in [0.29, 0.717) is 12.5 Å². The Hall–Kier alpha value is -0.430. The molecular weight excluding hydrogens is 329 g/mol. The fourth-order valence-corrected chi connectivity index (χ4v) is 2.41. The summed E-state index contributed by atoms with van der Waals surface area (Å²) in [6.45, 7) is 4.87. The lowest BCUT2D eigenvalue weighted by Crippen LogP contribution is -2.11. The van der Waals surface area contributed by atoms with Crippen LogP contribution in [0.2, 0.25) is 0 Å². The molecule has 0 saturated heterocycles. The van der Waals surface area contributed by atoms with Gasteiger partial charge in [0.2, 0.25) is 0 Å². The molecule has 1 aromatic rings. The van der Waals surface area contributed by atoms with Gasteiger partial charge in [-0.3, -0.25) is 0 Å². The van der Waals surface area contributed by atoms with Crippen molar-refractivity contribution in [2.24, 2.45) is 0 Å². The monoisotopic (exact) mass is 349 g/mol. The highest BCUT2D eigenvalue weighted by molar-refractivity contribution is 14.1. The van der Waals surface area contributed by atoms with Crippen molar-refractivity contribution in [2.75, 3.05) is 19.5 Å². The van der Waals surface area contributed by atoms with E-state index in [1.165, 1.54) is 0 Å². The average Bonchev–Trinajstić information content (AvgIpc) is 2.34. The van der Waals surface area contributed by atoms with Crippen LogP contribution in [-0.2, 0) is 11.3 Å². The summed E-state index contributed by atoms with van der Waals surface area (Å²) in [5.74, 6) is 2.25. The Bertz CT molecular complexity index is 367. The van der Waals surface area contributed by atoms with Crippen LogP contribution in [0.3, 0.4) is 0 Å². The minimum absolute atomic E-state index is 0.426. The van der Waals surface area contributed by atoms with Gasteiger partial charge in [-0.15, -0.1) is 0 Å². The lowest BCUT2D eigenvalue weighted by atomic mass is 10.0. The molecule has 4 nitrogen and oxygen atoms in total. The van der Waals surface area contributed by atoms with E-state index in [1.54, 1.807) is 7.11 Å². The summed E-state index contributed by atoms with van der Waals surface area (Å²) in [7, 11) is 3.58. The number of methoxy groups -OCH3 is 1. The SMILES string of the molecule is CCC(CC)c1nc(COC)c(I)c(NC)n1. The first-order valence-corrected chi connectivity index (χ1v) is 6.98. The summed E-state index contributed by atoms with van der Waals surface area (Å²) in [5, 5.41) is 3.12. The third-order valence-corrected chi connectivity index (χ3v) is 3.94. The second-order valence-corrected chi connectivity index (χ2v) is 4.97. The lowest BCUT2D eigenvalue weighted by Gasteiger charge is -2.15. The number of aromatic nitrogens is 2. The van der Waals surface area contributed by atoms with Gasteiger partial charge >= 0.3 is 0 Å². The van der Waals surface area contributed by atoms with Gasteiger partial charge in [-0.2, -0.15) is 0 Å². The number of nitrogens with zero attached hydrogens (tertiary/aromatic N) is 2. The van der Waals surface area contributed by atoms with E-state index < -0.39 is 0 Å². The second kappa shape index (κ2) is 7.10. The molecule has 0 bridgehead atoms. The maximum Gasteiger partial charge on any atom is 0.143 e. The fraction of sp³-hybridized carbons (Fsp3) is 0.667. The number of ether oxygens (including phenoxy) is 1. The molecule has 0 aliphatic heterocycles. The first-order valence-electron chi connectivity index (χ1n) is 5.90. The molecule has 0 saturated carbocycles. The van der Waals surface area contributed by atoms with E-state index in [0.717, 1.165) is 33.7 Å². The van der Waals surface area contributed by atoms with Crippen molar-refractivity contribution >= 4 is 28.4 Å². The fourth-order valence-electron chi connectivity index (χ4n) is 1.75. The maximum atomic E-state index is 5.19. The summed E-state index contributed by atoms with van der Waals surface area (Å²) in [5.41, 5.74) is 0.967. The van der Waals surface area contributed by atoms with Gasteiger partial charge in [0.1, 0.15) is 11.6 Å². The Labute approximate surface area is 117 Å². The Balaban J connectivity index is 3.18. The Kier molecular flexibility index (Phi) is 6.11. The Morgan fingerprint density at radius 3 is 2.41 bits per heavy atom. The van der Waals surface area contributed by atoms with Gasteiger partial charge in [-0.1, -0.05) is 13.8 Å². The van der Waals surface area contributed by atoms with Crippen molar-refractivity contribution in [3.05, 3.63) is 15.1 Å². The van der Waals surface area contributed by atoms with Crippen LogP contribution in [-0.4, -0.2) is 24.1 Å². The molecule has 1 N–H and O–H groups in total. The molecule has 5 heteroatoms. The van der Waals surface area contributed by atoms with E-state index in [-0.39, 0.29) is 0 Å². The quantitative estimate of drug-likeness (QED) is 0.802. The van der Waals surface area contributed by atoms with Gasteiger partial charge in [-0.05, 0) is 35.4 Å². The molecule has 0 aliphatic rings. The molecule has 0 radical (unpaired) electrons. The molecule has 1 aromatic heterocycles. The topological polar surface area (TPSA) is 47.0 Å². The molecule has 17 heavy (non-hydrogen) atoms. The Morgan fingerprint density at radius 1 is 1.29 bits per heavy atom. The molecule has 0 amide bonds. The van der Waals surface area contributed by atoms with Gasteiger partial charge in [0.05, 0.1) is 15.9 Å². The van der Waals surface area contributed by atoms with Gasteiger partial charge < -0.3 is 10.1 Å². The largest absolute Gasteiger partial charge is 0.378 e. The Morgan fingerprint density at radius 2 is 1.94 bits per heavy atom. The van der Waals surface area contributed by atoms with Crippen LogP contribution in [0.25, 0.3) is 0 Å². The number of rotatable bonds is 6. The number of halogens is 1. The highest BCUT2D eigenvalue weighted by Gasteiger charge is 2.16. The molecule has 1 heterocycles. The van der Waals surface area contributed by atoms with Crippen LogP contribution >= 0.6 is 22.6 Å². The summed E-state index contributed by atoms with van der Waals surface area (Å²) in [4.78, 5) is 9.22. The molecule has 0 unspecified atom stereocenters. The van der Waals surface area contributed by atoms with Crippen molar-refractivity contribution in [3.8, 4) is 0 Å². The smallest absolute Gasteiger partial charge is 0.143 e. The van der Waals surface area contributed by atoms with Crippen LogP contribution < -0.4 is 5.32 Å². The summed E-state index contributed by atoms with van der Waals surface area (Å²) in [6.07, 6.45) is 2.12. The maximum absolute atomic E-state index is 5.19. The van der Waals surface area contributed by atoms with Crippen molar-refractivity contribution in [1.29, 1.82) is 0 Å². The summed E-state index contributed by atoms with van der Waals surface area (Å²) in [6, 6.07) is 0. The van der Waals surface area contributed by atoms with Crippen LogP contribution in [0.4, 0.5) is 5.82 Å². The van der Waals surface area contributed by atoms with E-state index in [1.807, 2.05) is 7.05 Å². The minimum atomic E-state index is 0.426. The zero-order chi connectivity index (χ0) is 12.8. The first-order chi connectivity index (χ1) is 8.17. The van der Waals surface area contributed by atoms with Gasteiger partial charge in [0.15, 0.2) is 0 Å². The second-order valence-electron chi connectivity index (χ2n) is 3.89. The molecule has 0 aliphatic carbocycles. The van der Waals surface area contributed by atoms with Crippen LogP contribution in [0.1, 0.15) is 44.1 Å². The number of nitrogens with one attached hydrogen (secondary N) is 1. The molecular formula is C12H20IN3O. The van der Waals surface area contributed by atoms with Crippen molar-refractivity contribution < 1.29 is 4.74 Å². The molecule has 0 spiro atoms. The van der Waals surface area contributed by atoms with E-state index in [9.17, 15) is 0 Å². The van der Waals surface area contributed by atoms with Gasteiger partial charge in [0, 0.05) is 20.1 Å². The lowest BCUT2D eigenvalue weighted by molar-refractivity contribution is 0.180. The van der Waals surface area contributed by atoms with Crippen molar-refractivity contribution in [1.82, 2.24) is 9.97 Å². The number of hydrogen-bond donors (Lipinski definition) is 1. The van der Waals surface area contributed by atoms with E-state index in [4.69, 9.17) is 4.74 Å². The summed E-state index contributed by atoms with van der Waals surface area (Å²) >= 11 is 2.26. The predicted octanol–water partition coefficient (Wildman–Crippen LogP) is 3.17. The zero-order valence-electron chi connectivity index (χ0n) is 10.9. The summed E-state index contributed by atoms with van der Waals surface area (Å²) < 4.78 is 6.23. The van der Waals surface area contributed by atoms with Crippen LogP contribution in [0.15, 0.2) is 0 Å². The standard InChI is InChI=1S/C12H20IN3O/c1-5-8(6-2)11-15-9(7-17-4)10(13)12(14-3)16-11/h8H,5-7H2,1-4H3,(H,14,15,16). The first kappa shape index (κ1) is 14.6. The molecule has 1 rings (SSSR count). The predicted molar refractivity (Wildman–Crippen MR) is 78.3 cm³/mol. The molecule has 0 atom stereocenters. The number of anilines is 1. The highest BCUT2D eigenvalue weighted by atomic mass is 127. The van der Waals surface area contributed by atoms with Crippen LogP contribution in [0, 0.1) is 3.57 Å². The van der Waals surface area contributed by atoms with Gasteiger partial charge in [-0.25, -0.2) is 9.97 Å². The van der Waals surface area contributed by atoms with Crippen LogP contribution in [0.5, 0.6) is 0 Å². The molecule has 0 fully saturated rings. The average molecular weight is 349 g/mol. The van der Waals surface area contributed by atoms with Gasteiger partial charge in [0.25, 0.3) is 0 Å². The zero-order valence-corrected chi connectivity index (χ0v) is 13.0. The molecule has 0 aromatic carbocycles. The van der Waals surface area contributed by atoms with E-state index >= 15 is 0 Å².